The van der Waals surface area contributed by atoms with Crippen LogP contribution in [0.3, 0.4) is 0 Å². The van der Waals surface area contributed by atoms with E-state index in [1.54, 1.807) is 13.3 Å². The molecule has 1 saturated heterocycles. The van der Waals surface area contributed by atoms with Gasteiger partial charge in [-0.05, 0) is 30.0 Å². The SMILES string of the molecule is COCCNc1ccnc(C2COCCN2Cc2sccc2C)n1. The van der Waals surface area contributed by atoms with Crippen molar-refractivity contribution in [2.24, 2.45) is 0 Å². The number of morpholine rings is 1. The molecule has 1 atom stereocenters. The first-order chi connectivity index (χ1) is 11.8. The van der Waals surface area contributed by atoms with Gasteiger partial charge < -0.3 is 14.8 Å². The van der Waals surface area contributed by atoms with Crippen LogP contribution in [0.4, 0.5) is 5.82 Å². The van der Waals surface area contributed by atoms with Crippen molar-refractivity contribution in [3.63, 3.8) is 0 Å². The first-order valence-electron chi connectivity index (χ1n) is 8.18. The van der Waals surface area contributed by atoms with Gasteiger partial charge in [0.2, 0.25) is 0 Å². The minimum atomic E-state index is 0.0874. The van der Waals surface area contributed by atoms with Crippen LogP contribution in [0, 0.1) is 6.92 Å². The van der Waals surface area contributed by atoms with Gasteiger partial charge in [-0.2, -0.15) is 0 Å². The molecule has 0 aromatic carbocycles. The molecule has 2 aromatic rings. The maximum atomic E-state index is 5.70. The van der Waals surface area contributed by atoms with Gasteiger partial charge in [0.05, 0.1) is 25.9 Å². The fourth-order valence-corrected chi connectivity index (χ4v) is 3.66. The summed E-state index contributed by atoms with van der Waals surface area (Å²) < 4.78 is 10.8. The van der Waals surface area contributed by atoms with Crippen molar-refractivity contribution in [1.82, 2.24) is 14.9 Å². The third-order valence-electron chi connectivity index (χ3n) is 4.14. The van der Waals surface area contributed by atoms with Crippen LogP contribution in [0.2, 0.25) is 0 Å². The van der Waals surface area contributed by atoms with Crippen molar-refractivity contribution in [2.75, 3.05) is 45.3 Å². The topological polar surface area (TPSA) is 59.5 Å². The summed E-state index contributed by atoms with van der Waals surface area (Å²) in [7, 11) is 1.69. The zero-order valence-corrected chi connectivity index (χ0v) is 15.0. The van der Waals surface area contributed by atoms with Crippen LogP contribution in [0.1, 0.15) is 22.3 Å². The smallest absolute Gasteiger partial charge is 0.150 e. The summed E-state index contributed by atoms with van der Waals surface area (Å²) >= 11 is 1.81. The molecule has 1 N–H and O–H groups in total. The summed E-state index contributed by atoms with van der Waals surface area (Å²) in [4.78, 5) is 13.0. The van der Waals surface area contributed by atoms with Crippen LogP contribution in [0.25, 0.3) is 0 Å². The Balaban J connectivity index is 1.72. The van der Waals surface area contributed by atoms with E-state index < -0.39 is 0 Å². The minimum absolute atomic E-state index is 0.0874. The minimum Gasteiger partial charge on any atom is -0.383 e. The summed E-state index contributed by atoms with van der Waals surface area (Å²) in [5.74, 6) is 1.64. The molecule has 130 valence electrons. The van der Waals surface area contributed by atoms with Gasteiger partial charge in [0.15, 0.2) is 0 Å². The zero-order chi connectivity index (χ0) is 16.8. The molecule has 7 heteroatoms. The monoisotopic (exact) mass is 348 g/mol. The number of methoxy groups -OCH3 is 1. The van der Waals surface area contributed by atoms with Gasteiger partial charge in [-0.3, -0.25) is 4.90 Å². The van der Waals surface area contributed by atoms with Gasteiger partial charge in [-0.25, -0.2) is 9.97 Å². The second kappa shape index (κ2) is 8.53. The van der Waals surface area contributed by atoms with Crippen molar-refractivity contribution in [2.45, 2.75) is 19.5 Å². The quantitative estimate of drug-likeness (QED) is 0.776. The molecule has 1 aliphatic heterocycles. The number of ether oxygens (including phenoxy) is 2. The predicted molar refractivity (Wildman–Crippen MR) is 95.4 cm³/mol. The molecule has 1 fully saturated rings. The number of thiophene rings is 1. The van der Waals surface area contributed by atoms with E-state index in [0.29, 0.717) is 13.2 Å². The fraction of sp³-hybridized carbons (Fsp3) is 0.529. The van der Waals surface area contributed by atoms with Gasteiger partial charge in [0.1, 0.15) is 11.6 Å². The maximum absolute atomic E-state index is 5.70. The molecule has 2 aromatic heterocycles. The molecule has 0 radical (unpaired) electrons. The summed E-state index contributed by atoms with van der Waals surface area (Å²) in [5.41, 5.74) is 1.35. The van der Waals surface area contributed by atoms with Crippen LogP contribution in [0.5, 0.6) is 0 Å². The Labute approximate surface area is 146 Å². The van der Waals surface area contributed by atoms with Crippen LogP contribution < -0.4 is 5.32 Å². The highest BCUT2D eigenvalue weighted by atomic mass is 32.1. The lowest BCUT2D eigenvalue weighted by atomic mass is 10.2. The molecule has 0 amide bonds. The highest BCUT2D eigenvalue weighted by Crippen LogP contribution is 2.27. The maximum Gasteiger partial charge on any atom is 0.150 e. The second-order valence-corrected chi connectivity index (χ2v) is 6.81. The molecule has 24 heavy (non-hydrogen) atoms. The van der Waals surface area contributed by atoms with Crippen molar-refractivity contribution in [3.05, 3.63) is 40.0 Å². The Kier molecular flexibility index (Phi) is 6.14. The Morgan fingerprint density at radius 2 is 2.38 bits per heavy atom. The summed E-state index contributed by atoms with van der Waals surface area (Å²) in [5, 5.41) is 5.41. The lowest BCUT2D eigenvalue weighted by molar-refractivity contribution is -0.0155. The number of hydrogen-bond donors (Lipinski definition) is 1. The fourth-order valence-electron chi connectivity index (χ4n) is 2.73. The normalized spacial score (nSPS) is 18.7. The number of rotatable bonds is 7. The van der Waals surface area contributed by atoms with Crippen LogP contribution in [0.15, 0.2) is 23.7 Å². The molecule has 0 spiro atoms. The number of anilines is 1. The summed E-state index contributed by atoms with van der Waals surface area (Å²) in [6.07, 6.45) is 1.81. The standard InChI is InChI=1S/C17H24N4O2S/c1-13-4-10-24-15(13)11-21-7-9-23-12-14(21)17-19-5-3-16(20-17)18-6-8-22-2/h3-5,10,14H,6-9,11-12H2,1-2H3,(H,18,19,20). The van der Waals surface area contributed by atoms with Gasteiger partial charge in [0.25, 0.3) is 0 Å². The van der Waals surface area contributed by atoms with E-state index in [2.05, 4.69) is 38.6 Å². The van der Waals surface area contributed by atoms with Gasteiger partial charge in [0, 0.05) is 37.8 Å². The molecule has 3 rings (SSSR count). The lowest BCUT2D eigenvalue weighted by Crippen LogP contribution is -2.39. The van der Waals surface area contributed by atoms with E-state index in [1.807, 2.05) is 17.4 Å². The van der Waals surface area contributed by atoms with Crippen LogP contribution in [-0.2, 0) is 16.0 Å². The van der Waals surface area contributed by atoms with E-state index in [-0.39, 0.29) is 6.04 Å². The first-order valence-corrected chi connectivity index (χ1v) is 9.06. The largest absolute Gasteiger partial charge is 0.383 e. The molecule has 0 bridgehead atoms. The molecule has 6 nitrogen and oxygen atoms in total. The molecule has 3 heterocycles. The third-order valence-corrected chi connectivity index (χ3v) is 5.15. The van der Waals surface area contributed by atoms with Gasteiger partial charge >= 0.3 is 0 Å². The van der Waals surface area contributed by atoms with E-state index in [4.69, 9.17) is 9.47 Å². The summed E-state index contributed by atoms with van der Waals surface area (Å²) in [6, 6.07) is 4.15. The number of nitrogens with zero attached hydrogens (tertiary/aromatic N) is 3. The Morgan fingerprint density at radius 3 is 3.17 bits per heavy atom. The average molecular weight is 348 g/mol. The number of hydrogen-bond acceptors (Lipinski definition) is 7. The lowest BCUT2D eigenvalue weighted by Gasteiger charge is -2.34. The molecular weight excluding hydrogens is 324 g/mol. The highest BCUT2D eigenvalue weighted by molar-refractivity contribution is 7.10. The molecule has 1 unspecified atom stereocenters. The molecular formula is C17H24N4O2S. The predicted octanol–water partition coefficient (Wildman–Crippen LogP) is 2.48. The second-order valence-electron chi connectivity index (χ2n) is 5.81. The first kappa shape index (κ1) is 17.3. The van der Waals surface area contributed by atoms with Crippen LogP contribution >= 0.6 is 11.3 Å². The Morgan fingerprint density at radius 1 is 1.46 bits per heavy atom. The van der Waals surface area contributed by atoms with Crippen molar-refractivity contribution >= 4 is 17.2 Å². The zero-order valence-electron chi connectivity index (χ0n) is 14.2. The average Bonchev–Trinajstić information content (AvgIpc) is 3.01. The van der Waals surface area contributed by atoms with E-state index in [1.165, 1.54) is 10.4 Å². The van der Waals surface area contributed by atoms with E-state index in [9.17, 15) is 0 Å². The van der Waals surface area contributed by atoms with Gasteiger partial charge in [-0.1, -0.05) is 0 Å². The van der Waals surface area contributed by atoms with Crippen molar-refractivity contribution in [1.29, 1.82) is 0 Å². The molecule has 0 aliphatic carbocycles. The van der Waals surface area contributed by atoms with Gasteiger partial charge in [-0.15, -0.1) is 11.3 Å². The molecule has 1 aliphatic rings. The third kappa shape index (κ3) is 4.30. The molecule has 0 saturated carbocycles. The Hall–Kier alpha value is -1.54. The number of nitrogens with one attached hydrogen (secondary N) is 1. The van der Waals surface area contributed by atoms with Crippen molar-refractivity contribution in [3.8, 4) is 0 Å². The summed E-state index contributed by atoms with van der Waals surface area (Å²) in [6.45, 7) is 6.74. The van der Waals surface area contributed by atoms with Crippen molar-refractivity contribution < 1.29 is 9.47 Å². The van der Waals surface area contributed by atoms with E-state index >= 15 is 0 Å². The number of aromatic nitrogens is 2. The van der Waals surface area contributed by atoms with Crippen LogP contribution in [-0.4, -0.2) is 54.9 Å². The highest BCUT2D eigenvalue weighted by Gasteiger charge is 2.27. The van der Waals surface area contributed by atoms with E-state index in [0.717, 1.165) is 37.9 Å². The Bertz CT molecular complexity index is 649. The number of aryl methyl sites for hydroxylation is 1.